The quantitative estimate of drug-likeness (QED) is 0.477. The maximum absolute atomic E-state index is 11.5. The fourth-order valence-electron chi connectivity index (χ4n) is 4.21. The van der Waals surface area contributed by atoms with Crippen LogP contribution in [-0.4, -0.2) is 34.2 Å². The Hall–Kier alpha value is -3.36. The molecule has 1 aliphatic carbocycles. The first-order valence-electron chi connectivity index (χ1n) is 10.3. The summed E-state index contributed by atoms with van der Waals surface area (Å²) in [5, 5.41) is 26.3. The van der Waals surface area contributed by atoms with Crippen molar-refractivity contribution in [2.45, 2.75) is 44.1 Å². The van der Waals surface area contributed by atoms with E-state index in [4.69, 9.17) is 5.11 Å². The van der Waals surface area contributed by atoms with Crippen LogP contribution in [0, 0.1) is 10.1 Å². The van der Waals surface area contributed by atoms with E-state index in [1.165, 1.54) is 12.5 Å². The summed E-state index contributed by atoms with van der Waals surface area (Å²) >= 11 is 0. The zero-order valence-corrected chi connectivity index (χ0v) is 16.6. The number of hydrogen-bond acceptors (Lipinski definition) is 6. The number of benzene rings is 1. The van der Waals surface area contributed by atoms with E-state index in [2.05, 4.69) is 20.5 Å². The van der Waals surface area contributed by atoms with Gasteiger partial charge in [-0.1, -0.05) is 12.1 Å². The van der Waals surface area contributed by atoms with Gasteiger partial charge in [0.2, 0.25) is 5.82 Å². The fourth-order valence-corrected chi connectivity index (χ4v) is 4.21. The first-order chi connectivity index (χ1) is 14.5. The smallest absolute Gasteiger partial charge is 0.405 e. The number of hydrogen-bond donors (Lipinski definition) is 3. The lowest BCUT2D eigenvalue weighted by Crippen LogP contribution is -2.50. The summed E-state index contributed by atoms with van der Waals surface area (Å²) in [7, 11) is 0. The van der Waals surface area contributed by atoms with Crippen LogP contribution in [0.25, 0.3) is 0 Å². The molecular formula is C21H25N5O4. The van der Waals surface area contributed by atoms with Crippen molar-refractivity contribution >= 4 is 29.1 Å². The average Bonchev–Trinajstić information content (AvgIpc) is 2.72. The Morgan fingerprint density at radius 3 is 2.33 bits per heavy atom. The Morgan fingerprint density at radius 1 is 1.07 bits per heavy atom. The number of nitro groups is 1. The molecule has 0 unspecified atom stereocenters. The predicted octanol–water partition coefficient (Wildman–Crippen LogP) is 4.37. The maximum Gasteiger partial charge on any atom is 0.405 e. The Labute approximate surface area is 174 Å². The van der Waals surface area contributed by atoms with Crippen LogP contribution in [-0.2, 0) is 5.54 Å². The second-order valence-electron chi connectivity index (χ2n) is 7.91. The lowest BCUT2D eigenvalue weighted by atomic mass is 9.72. The highest BCUT2D eigenvalue weighted by molar-refractivity contribution is 5.69. The van der Waals surface area contributed by atoms with Crippen molar-refractivity contribution in [1.82, 2.24) is 10.3 Å². The van der Waals surface area contributed by atoms with Gasteiger partial charge in [0.15, 0.2) is 0 Å². The third-order valence-corrected chi connectivity index (χ3v) is 5.99. The first-order valence-corrected chi connectivity index (χ1v) is 10.3. The van der Waals surface area contributed by atoms with Gasteiger partial charge in [0, 0.05) is 24.8 Å². The molecule has 158 valence electrons. The third-order valence-electron chi connectivity index (χ3n) is 5.99. The van der Waals surface area contributed by atoms with Gasteiger partial charge in [0.05, 0.1) is 10.5 Å². The second-order valence-corrected chi connectivity index (χ2v) is 7.91. The first kappa shape index (κ1) is 19.9. The summed E-state index contributed by atoms with van der Waals surface area (Å²) < 4.78 is 0. The molecule has 2 fully saturated rings. The summed E-state index contributed by atoms with van der Waals surface area (Å²) in [5.41, 5.74) is 0.937. The topological polar surface area (TPSA) is 121 Å². The second kappa shape index (κ2) is 8.17. The minimum atomic E-state index is -1.04. The average molecular weight is 411 g/mol. The zero-order valence-electron chi connectivity index (χ0n) is 16.6. The van der Waals surface area contributed by atoms with Gasteiger partial charge in [0.1, 0.15) is 5.82 Å². The van der Waals surface area contributed by atoms with Crippen LogP contribution >= 0.6 is 0 Å². The molecule has 1 aromatic carbocycles. The van der Waals surface area contributed by atoms with Crippen molar-refractivity contribution in [1.29, 1.82) is 0 Å². The highest BCUT2D eigenvalue weighted by Gasteiger charge is 2.40. The van der Waals surface area contributed by atoms with Gasteiger partial charge in [-0.05, 0) is 62.3 Å². The molecule has 0 spiro atoms. The lowest BCUT2D eigenvalue weighted by Gasteiger charge is -2.42. The van der Waals surface area contributed by atoms with Crippen molar-refractivity contribution in [3.63, 3.8) is 0 Å². The SMILES string of the molecule is O=C(O)NC1(c2ccc(Nc3nc(N4CCCCC4)ccc3[N+](=O)[O-])cc2)CCC1. The molecule has 2 aliphatic rings. The number of nitrogens with zero attached hydrogens (tertiary/aromatic N) is 3. The number of piperidine rings is 1. The molecule has 30 heavy (non-hydrogen) atoms. The van der Waals surface area contributed by atoms with E-state index in [1.54, 1.807) is 18.2 Å². The molecule has 1 saturated carbocycles. The van der Waals surface area contributed by atoms with E-state index in [-0.39, 0.29) is 11.5 Å². The number of pyridine rings is 1. The molecule has 4 rings (SSSR count). The van der Waals surface area contributed by atoms with Crippen molar-refractivity contribution < 1.29 is 14.8 Å². The van der Waals surface area contributed by atoms with Crippen molar-refractivity contribution in [3.8, 4) is 0 Å². The molecule has 0 atom stereocenters. The maximum atomic E-state index is 11.5. The van der Waals surface area contributed by atoms with Crippen molar-refractivity contribution in [2.24, 2.45) is 0 Å². The van der Waals surface area contributed by atoms with E-state index >= 15 is 0 Å². The summed E-state index contributed by atoms with van der Waals surface area (Å²) in [6.45, 7) is 1.80. The van der Waals surface area contributed by atoms with E-state index < -0.39 is 16.6 Å². The normalized spacial score (nSPS) is 17.7. The van der Waals surface area contributed by atoms with Crippen molar-refractivity contribution in [2.75, 3.05) is 23.3 Å². The lowest BCUT2D eigenvalue weighted by molar-refractivity contribution is -0.384. The zero-order chi connectivity index (χ0) is 21.1. The minimum absolute atomic E-state index is 0.0807. The Kier molecular flexibility index (Phi) is 5.43. The predicted molar refractivity (Wildman–Crippen MR) is 113 cm³/mol. The molecular weight excluding hydrogens is 386 g/mol. The number of carbonyl (C=O) groups is 1. The van der Waals surface area contributed by atoms with Crippen LogP contribution in [0.3, 0.4) is 0 Å². The summed E-state index contributed by atoms with van der Waals surface area (Å²) in [5.74, 6) is 0.941. The molecule has 0 radical (unpaired) electrons. The summed E-state index contributed by atoms with van der Waals surface area (Å²) in [6.07, 6.45) is 4.84. The number of rotatable bonds is 6. The van der Waals surface area contributed by atoms with Crippen LogP contribution in [0.15, 0.2) is 36.4 Å². The van der Waals surface area contributed by atoms with Gasteiger partial charge >= 0.3 is 11.8 Å². The molecule has 9 nitrogen and oxygen atoms in total. The minimum Gasteiger partial charge on any atom is -0.465 e. The Bertz CT molecular complexity index is 937. The largest absolute Gasteiger partial charge is 0.465 e. The number of nitrogens with one attached hydrogen (secondary N) is 2. The third kappa shape index (κ3) is 4.00. The fraction of sp³-hybridized carbons (Fsp3) is 0.429. The van der Waals surface area contributed by atoms with Crippen LogP contribution in [0.4, 0.5) is 27.8 Å². The van der Waals surface area contributed by atoms with E-state index in [0.717, 1.165) is 56.6 Å². The van der Waals surface area contributed by atoms with Crippen LogP contribution in [0.5, 0.6) is 0 Å². The highest BCUT2D eigenvalue weighted by atomic mass is 16.6. The van der Waals surface area contributed by atoms with E-state index in [1.807, 2.05) is 12.1 Å². The van der Waals surface area contributed by atoms with Crippen molar-refractivity contribution in [3.05, 3.63) is 52.1 Å². The van der Waals surface area contributed by atoms with Gasteiger partial charge in [-0.25, -0.2) is 9.78 Å². The molecule has 9 heteroatoms. The Morgan fingerprint density at radius 2 is 1.77 bits per heavy atom. The number of carboxylic acid groups (broad SMARTS) is 1. The summed E-state index contributed by atoms with van der Waals surface area (Å²) in [4.78, 5) is 28.9. The van der Waals surface area contributed by atoms with E-state index in [9.17, 15) is 14.9 Å². The van der Waals surface area contributed by atoms with Gasteiger partial charge in [-0.2, -0.15) is 0 Å². The molecule has 1 aromatic heterocycles. The summed E-state index contributed by atoms with van der Waals surface area (Å²) in [6, 6.07) is 10.5. The standard InChI is InChI=1S/C21H25N5O4/c27-20(28)24-21(11-4-12-21)15-5-7-16(8-6-15)22-19-17(26(29)30)9-10-18(23-19)25-13-2-1-3-14-25/h5-10,24H,1-4,11-14H2,(H,22,23)(H,27,28). The van der Waals surface area contributed by atoms with Gasteiger partial charge in [-0.15, -0.1) is 0 Å². The van der Waals surface area contributed by atoms with Gasteiger partial charge in [-0.3, -0.25) is 10.1 Å². The molecule has 1 saturated heterocycles. The molecule has 0 bridgehead atoms. The van der Waals surface area contributed by atoms with Gasteiger partial charge < -0.3 is 20.6 Å². The monoisotopic (exact) mass is 411 g/mol. The number of anilines is 3. The molecule has 3 N–H and O–H groups in total. The molecule has 1 aliphatic heterocycles. The Balaban J connectivity index is 1.57. The molecule has 2 aromatic rings. The van der Waals surface area contributed by atoms with Crippen LogP contribution in [0.2, 0.25) is 0 Å². The molecule has 1 amide bonds. The molecule has 2 heterocycles. The van der Waals surface area contributed by atoms with Crippen LogP contribution in [0.1, 0.15) is 44.1 Å². The van der Waals surface area contributed by atoms with E-state index in [0.29, 0.717) is 5.69 Å². The highest BCUT2D eigenvalue weighted by Crippen LogP contribution is 2.41. The van der Waals surface area contributed by atoms with Crippen LogP contribution < -0.4 is 15.5 Å². The van der Waals surface area contributed by atoms with Gasteiger partial charge in [0.25, 0.3) is 0 Å². The number of aromatic nitrogens is 1. The number of amides is 1.